The molecule has 0 aliphatic carbocycles. The van der Waals surface area contributed by atoms with Gasteiger partial charge in [0, 0.05) is 7.11 Å². The van der Waals surface area contributed by atoms with Crippen molar-refractivity contribution < 1.29 is 40.6 Å². The van der Waals surface area contributed by atoms with E-state index < -0.39 is 0 Å². The topological polar surface area (TPSA) is 29.5 Å². The van der Waals surface area contributed by atoms with E-state index in [2.05, 4.69) is 16.6 Å². The predicted octanol–water partition coefficient (Wildman–Crippen LogP) is 0.472. The van der Waals surface area contributed by atoms with Crippen LogP contribution in [0.3, 0.4) is 0 Å². The molecule has 0 spiro atoms. The van der Waals surface area contributed by atoms with E-state index in [0.29, 0.717) is 0 Å². The van der Waals surface area contributed by atoms with Gasteiger partial charge in [-0.1, -0.05) is 6.47 Å². The summed E-state index contributed by atoms with van der Waals surface area (Å²) in [5, 5.41) is 0. The van der Waals surface area contributed by atoms with Gasteiger partial charge in [-0.2, -0.15) is 6.42 Å². The molecule has 3 nitrogen and oxygen atoms in total. The molecular weight excluding hydrogens is 368 g/mol. The molecule has 0 aliphatic rings. The van der Waals surface area contributed by atoms with Gasteiger partial charge < -0.3 is 21.4 Å². The van der Waals surface area contributed by atoms with E-state index in [1.165, 1.54) is 13.6 Å². The van der Waals surface area contributed by atoms with Crippen LogP contribution >= 0.6 is 0 Å². The second-order valence-electron chi connectivity index (χ2n) is 1.94. The summed E-state index contributed by atoms with van der Waals surface area (Å²) in [5.74, 6) is 0. The van der Waals surface area contributed by atoms with Gasteiger partial charge in [0.1, 0.15) is 0 Å². The summed E-state index contributed by atoms with van der Waals surface area (Å²) in [6.45, 7) is 5.96. The first kappa shape index (κ1) is 17.5. The van der Waals surface area contributed by atoms with E-state index in [1.54, 1.807) is 0 Å². The van der Waals surface area contributed by atoms with Gasteiger partial charge >= 0.3 is 31.1 Å². The minimum Gasteiger partial charge on any atom is -0.655 e. The quantitative estimate of drug-likeness (QED) is 0.664. The summed E-state index contributed by atoms with van der Waals surface area (Å²) in [5.41, 5.74) is 0. The van der Waals surface area contributed by atoms with E-state index >= 15 is 0 Å². The van der Waals surface area contributed by atoms with Crippen molar-refractivity contribution in [2.24, 2.45) is 0 Å². The third-order valence-electron chi connectivity index (χ3n) is 0.689. The number of nitrogens with zero attached hydrogens (tertiary/aromatic N) is 1. The second-order valence-corrected chi connectivity index (χ2v) is 1.94. The Labute approximate surface area is 92.8 Å². The second kappa shape index (κ2) is 16.8. The van der Waals surface area contributed by atoms with Gasteiger partial charge in [-0.15, -0.1) is 0 Å². The Morgan fingerprint density at radius 2 is 1.91 bits per heavy atom. The van der Waals surface area contributed by atoms with Crippen LogP contribution in [0.15, 0.2) is 0 Å². The fraction of sp³-hybridized carbons (Fsp3) is 0.714. The number of hydrogen-bond acceptors (Lipinski definition) is 3. The molecule has 0 aromatic rings. The van der Waals surface area contributed by atoms with Crippen molar-refractivity contribution in [3.05, 3.63) is 6.92 Å². The monoisotopic (exact) mass is 383 g/mol. The molecule has 0 atom stereocenters. The Bertz CT molecular complexity index is 69.5. The van der Waals surface area contributed by atoms with Crippen LogP contribution in [0.1, 0.15) is 6.42 Å². The molecule has 0 bridgehead atoms. The fourth-order valence-electron chi connectivity index (χ4n) is 0.316. The molecule has 0 saturated heterocycles. The van der Waals surface area contributed by atoms with Gasteiger partial charge in [0.05, 0.1) is 0 Å². The zero-order valence-corrected chi connectivity index (χ0v) is 11.5. The Morgan fingerprint density at radius 1 is 1.55 bits per heavy atom. The first-order valence-electron chi connectivity index (χ1n) is 3.03. The fourth-order valence-corrected chi connectivity index (χ4v) is 0.316. The molecule has 0 unspecified atom stereocenters. The number of hydrogen-bond donors (Lipinski definition) is 0. The Hall–Kier alpha value is 0.482. The van der Waals surface area contributed by atoms with Crippen LogP contribution in [0, 0.1) is 38.0 Å². The van der Waals surface area contributed by atoms with E-state index in [-0.39, 0.29) is 31.1 Å². The van der Waals surface area contributed by atoms with Crippen LogP contribution in [0.5, 0.6) is 0 Å². The number of rotatable bonds is 3. The summed E-state index contributed by atoms with van der Waals surface area (Å²) in [6.07, 6.45) is 1.01. The molecule has 0 aliphatic heterocycles. The van der Waals surface area contributed by atoms with Crippen molar-refractivity contribution in [3.8, 4) is 0 Å². The van der Waals surface area contributed by atoms with Crippen molar-refractivity contribution in [1.82, 2.24) is 4.90 Å². The first-order valence-corrected chi connectivity index (χ1v) is 3.03. The van der Waals surface area contributed by atoms with Crippen molar-refractivity contribution in [3.63, 3.8) is 0 Å². The van der Waals surface area contributed by atoms with E-state index in [1.807, 2.05) is 14.1 Å². The summed E-state index contributed by atoms with van der Waals surface area (Å²) in [4.78, 5) is 10.9. The molecule has 0 heterocycles. The van der Waals surface area contributed by atoms with E-state index in [4.69, 9.17) is 4.79 Å². The summed E-state index contributed by atoms with van der Waals surface area (Å²) < 4.78 is 3.74. The predicted molar refractivity (Wildman–Crippen MR) is 41.2 cm³/mol. The maximum absolute atomic E-state index is 8.83. The zero-order valence-electron chi connectivity index (χ0n) is 7.39. The Balaban J connectivity index is -0.000000114. The maximum Gasteiger partial charge on any atom is 2.00 e. The SMILES string of the molecule is CO[C-]=O.[CH2-]CCN(C)C.[U+2]. The standard InChI is InChI=1S/C5H12N.C2H3O2.U/c1-4-5-6(2)3;1-4-2-3;/h1,4-5H2,2-3H3;1H3;/q2*-1;+2. The minimum atomic E-state index is 0. The molecule has 0 aromatic carbocycles. The third-order valence-corrected chi connectivity index (χ3v) is 0.689. The van der Waals surface area contributed by atoms with Crippen LogP contribution in [-0.4, -0.2) is 39.1 Å². The van der Waals surface area contributed by atoms with Crippen molar-refractivity contribution >= 4 is 6.47 Å². The summed E-state index contributed by atoms with van der Waals surface area (Å²) in [6, 6.07) is 0. The number of ether oxygens (including phenoxy) is 1. The normalized spacial score (nSPS) is 7.36. The van der Waals surface area contributed by atoms with Crippen molar-refractivity contribution in [1.29, 1.82) is 0 Å². The molecule has 64 valence electrons. The van der Waals surface area contributed by atoms with Gasteiger partial charge in [0.15, 0.2) is 0 Å². The van der Waals surface area contributed by atoms with Gasteiger partial charge in [0.25, 0.3) is 0 Å². The van der Waals surface area contributed by atoms with E-state index in [9.17, 15) is 0 Å². The van der Waals surface area contributed by atoms with Crippen molar-refractivity contribution in [2.45, 2.75) is 6.42 Å². The van der Waals surface area contributed by atoms with Gasteiger partial charge in [0.2, 0.25) is 0 Å². The molecule has 0 rings (SSSR count). The molecule has 11 heavy (non-hydrogen) atoms. The van der Waals surface area contributed by atoms with Gasteiger partial charge in [-0.25, -0.2) is 0 Å². The van der Waals surface area contributed by atoms with Crippen LogP contribution in [0.2, 0.25) is 0 Å². The molecule has 0 fully saturated rings. The van der Waals surface area contributed by atoms with E-state index in [0.717, 1.165) is 13.0 Å². The molecule has 4 heteroatoms. The Morgan fingerprint density at radius 3 is 1.91 bits per heavy atom. The maximum atomic E-state index is 8.83. The van der Waals surface area contributed by atoms with Crippen LogP contribution in [0.4, 0.5) is 0 Å². The number of carbonyl (C=O) groups excluding carboxylic acids is 1. The number of methoxy groups -OCH3 is 1. The van der Waals surface area contributed by atoms with Crippen molar-refractivity contribution in [2.75, 3.05) is 27.7 Å². The molecular formula is C7H15NO2U. The molecule has 0 radical (unpaired) electrons. The molecule has 0 saturated carbocycles. The Kier molecular flexibility index (Phi) is 26.8. The van der Waals surface area contributed by atoms with Crippen LogP contribution in [0.25, 0.3) is 0 Å². The molecule has 0 N–H and O–H groups in total. The molecule has 0 aromatic heterocycles. The summed E-state index contributed by atoms with van der Waals surface area (Å²) in [7, 11) is 5.35. The minimum absolute atomic E-state index is 0. The van der Waals surface area contributed by atoms with Gasteiger partial charge in [-0.05, 0) is 20.6 Å². The average Bonchev–Trinajstić information content (AvgIpc) is 1.89. The third kappa shape index (κ3) is 37.5. The average molecular weight is 383 g/mol. The van der Waals surface area contributed by atoms with Crippen LogP contribution in [-0.2, 0) is 9.53 Å². The smallest absolute Gasteiger partial charge is 0.655 e. The largest absolute Gasteiger partial charge is 2.00 e. The zero-order chi connectivity index (χ0) is 8.41. The summed E-state index contributed by atoms with van der Waals surface area (Å²) >= 11 is 0. The van der Waals surface area contributed by atoms with Crippen LogP contribution < -0.4 is 0 Å². The first-order chi connectivity index (χ1) is 4.68. The van der Waals surface area contributed by atoms with Gasteiger partial charge in [-0.3, -0.25) is 0 Å². The molecule has 0 amide bonds.